The molecule has 5 heteroatoms. The van der Waals surface area contributed by atoms with Gasteiger partial charge in [-0.25, -0.2) is 4.98 Å². The number of hydrogen-bond acceptors (Lipinski definition) is 3. The van der Waals surface area contributed by atoms with Crippen LogP contribution in [0.1, 0.15) is 35.8 Å². The number of nitrogens with one attached hydrogen (secondary N) is 2. The van der Waals surface area contributed by atoms with Crippen LogP contribution in [0.2, 0.25) is 5.15 Å². The van der Waals surface area contributed by atoms with Crippen LogP contribution >= 0.6 is 11.6 Å². The van der Waals surface area contributed by atoms with E-state index in [9.17, 15) is 4.79 Å². The Morgan fingerprint density at radius 2 is 2.00 bits per heavy atom. The van der Waals surface area contributed by atoms with Crippen molar-refractivity contribution < 1.29 is 4.79 Å². The maximum atomic E-state index is 12.3. The molecular weight excluding hydrogens is 286 g/mol. The van der Waals surface area contributed by atoms with Crippen molar-refractivity contribution in [1.82, 2.24) is 10.3 Å². The number of carbonyl (C=O) groups excluding carboxylic acids is 1. The monoisotopic (exact) mass is 303 g/mol. The van der Waals surface area contributed by atoms with Crippen LogP contribution in [0.15, 0.2) is 42.5 Å². The van der Waals surface area contributed by atoms with Gasteiger partial charge in [0.15, 0.2) is 0 Å². The van der Waals surface area contributed by atoms with Crippen molar-refractivity contribution >= 4 is 23.3 Å². The third-order valence-electron chi connectivity index (χ3n) is 3.06. The third-order valence-corrected chi connectivity index (χ3v) is 3.25. The molecule has 1 aromatic heterocycles. The number of nitrogens with zero attached hydrogens (tertiary/aromatic N) is 1. The predicted molar refractivity (Wildman–Crippen MR) is 85.7 cm³/mol. The van der Waals surface area contributed by atoms with Crippen LogP contribution in [-0.2, 0) is 0 Å². The first-order valence-corrected chi connectivity index (χ1v) is 7.25. The van der Waals surface area contributed by atoms with Gasteiger partial charge in [-0.15, -0.1) is 0 Å². The molecule has 2 aromatic rings. The highest BCUT2D eigenvalue weighted by atomic mass is 35.5. The minimum Gasteiger partial charge on any atom is -0.370 e. The number of halogens is 1. The molecule has 0 fully saturated rings. The maximum absolute atomic E-state index is 12.3. The Hall–Kier alpha value is -2.07. The SMILES string of the molecule is CCNc1cc(C(=O)NC(C)c2ccccc2)cc(Cl)n1. The molecule has 0 radical (unpaired) electrons. The molecule has 0 spiro atoms. The van der Waals surface area contributed by atoms with E-state index < -0.39 is 0 Å². The van der Waals surface area contributed by atoms with Crippen LogP contribution in [0.3, 0.4) is 0 Å². The first-order valence-electron chi connectivity index (χ1n) is 6.87. The maximum Gasteiger partial charge on any atom is 0.251 e. The van der Waals surface area contributed by atoms with Gasteiger partial charge >= 0.3 is 0 Å². The molecule has 0 bridgehead atoms. The van der Waals surface area contributed by atoms with Crippen molar-refractivity contribution in [2.75, 3.05) is 11.9 Å². The number of anilines is 1. The molecule has 1 heterocycles. The van der Waals surface area contributed by atoms with Crippen LogP contribution in [-0.4, -0.2) is 17.4 Å². The Morgan fingerprint density at radius 3 is 2.67 bits per heavy atom. The van der Waals surface area contributed by atoms with E-state index >= 15 is 0 Å². The average molecular weight is 304 g/mol. The number of carbonyl (C=O) groups is 1. The normalized spacial score (nSPS) is 11.8. The van der Waals surface area contributed by atoms with E-state index in [1.807, 2.05) is 44.2 Å². The first-order chi connectivity index (χ1) is 10.1. The summed E-state index contributed by atoms with van der Waals surface area (Å²) >= 11 is 5.95. The lowest BCUT2D eigenvalue weighted by atomic mass is 10.1. The van der Waals surface area contributed by atoms with Gasteiger partial charge in [-0.05, 0) is 31.5 Å². The summed E-state index contributed by atoms with van der Waals surface area (Å²) in [5.74, 6) is 0.428. The van der Waals surface area contributed by atoms with Gasteiger partial charge in [0, 0.05) is 12.1 Å². The van der Waals surface area contributed by atoms with Gasteiger partial charge in [-0.2, -0.15) is 0 Å². The Bertz CT molecular complexity index is 616. The van der Waals surface area contributed by atoms with Crippen molar-refractivity contribution in [3.63, 3.8) is 0 Å². The van der Waals surface area contributed by atoms with Crippen molar-refractivity contribution in [2.45, 2.75) is 19.9 Å². The highest BCUT2D eigenvalue weighted by Gasteiger charge is 2.13. The Morgan fingerprint density at radius 1 is 1.29 bits per heavy atom. The molecule has 0 saturated carbocycles. The topological polar surface area (TPSA) is 54.0 Å². The Kier molecular flexibility index (Phi) is 5.17. The van der Waals surface area contributed by atoms with Gasteiger partial charge in [0.05, 0.1) is 6.04 Å². The minimum absolute atomic E-state index is 0.0757. The summed E-state index contributed by atoms with van der Waals surface area (Å²) in [6.07, 6.45) is 0. The van der Waals surface area contributed by atoms with Crippen LogP contribution in [0, 0.1) is 0 Å². The molecule has 110 valence electrons. The lowest BCUT2D eigenvalue weighted by Gasteiger charge is -2.15. The van der Waals surface area contributed by atoms with E-state index in [0.29, 0.717) is 16.5 Å². The highest BCUT2D eigenvalue weighted by Crippen LogP contribution is 2.17. The average Bonchev–Trinajstić information content (AvgIpc) is 2.48. The smallest absolute Gasteiger partial charge is 0.251 e. The molecule has 1 amide bonds. The molecular formula is C16H18ClN3O. The Balaban J connectivity index is 2.13. The second-order valence-electron chi connectivity index (χ2n) is 4.70. The number of benzene rings is 1. The molecule has 1 atom stereocenters. The standard InChI is InChI=1S/C16H18ClN3O/c1-3-18-15-10-13(9-14(17)20-15)16(21)19-11(2)12-7-5-4-6-8-12/h4-11H,3H2,1-2H3,(H,18,20)(H,19,21). The first kappa shape index (κ1) is 15.3. The highest BCUT2D eigenvalue weighted by molar-refractivity contribution is 6.29. The quantitative estimate of drug-likeness (QED) is 0.829. The largest absolute Gasteiger partial charge is 0.370 e. The molecule has 2 N–H and O–H groups in total. The van der Waals surface area contributed by atoms with E-state index in [4.69, 9.17) is 11.6 Å². The zero-order valence-corrected chi connectivity index (χ0v) is 12.8. The lowest BCUT2D eigenvalue weighted by Crippen LogP contribution is -2.26. The summed E-state index contributed by atoms with van der Waals surface area (Å²) < 4.78 is 0. The summed E-state index contributed by atoms with van der Waals surface area (Å²) in [7, 11) is 0. The summed E-state index contributed by atoms with van der Waals surface area (Å²) in [6.45, 7) is 4.62. The minimum atomic E-state index is -0.171. The van der Waals surface area contributed by atoms with Gasteiger partial charge < -0.3 is 10.6 Å². The second-order valence-corrected chi connectivity index (χ2v) is 5.09. The lowest BCUT2D eigenvalue weighted by molar-refractivity contribution is 0.0940. The molecule has 1 unspecified atom stereocenters. The second kappa shape index (κ2) is 7.09. The molecule has 0 aliphatic rings. The van der Waals surface area contributed by atoms with Gasteiger partial charge in [0.1, 0.15) is 11.0 Å². The van der Waals surface area contributed by atoms with E-state index in [2.05, 4.69) is 15.6 Å². The summed E-state index contributed by atoms with van der Waals surface area (Å²) in [6, 6.07) is 13.0. The van der Waals surface area contributed by atoms with Crippen LogP contribution in [0.5, 0.6) is 0 Å². The number of amides is 1. The summed E-state index contributed by atoms with van der Waals surface area (Å²) in [4.78, 5) is 16.4. The van der Waals surface area contributed by atoms with Crippen molar-refractivity contribution in [1.29, 1.82) is 0 Å². The number of hydrogen-bond donors (Lipinski definition) is 2. The molecule has 0 saturated heterocycles. The predicted octanol–water partition coefficient (Wildman–Crippen LogP) is 3.66. The third kappa shape index (κ3) is 4.20. The fourth-order valence-corrected chi connectivity index (χ4v) is 2.21. The molecule has 2 rings (SSSR count). The van der Waals surface area contributed by atoms with E-state index in [1.54, 1.807) is 12.1 Å². The van der Waals surface area contributed by atoms with Crippen LogP contribution in [0.4, 0.5) is 5.82 Å². The van der Waals surface area contributed by atoms with Crippen molar-refractivity contribution in [2.24, 2.45) is 0 Å². The van der Waals surface area contributed by atoms with E-state index in [1.165, 1.54) is 0 Å². The number of pyridine rings is 1. The fourth-order valence-electron chi connectivity index (χ4n) is 2.00. The number of rotatable bonds is 5. The van der Waals surface area contributed by atoms with Crippen LogP contribution in [0.25, 0.3) is 0 Å². The fraction of sp³-hybridized carbons (Fsp3) is 0.250. The van der Waals surface area contributed by atoms with Gasteiger partial charge in [-0.1, -0.05) is 41.9 Å². The van der Waals surface area contributed by atoms with Crippen molar-refractivity contribution in [3.8, 4) is 0 Å². The number of aromatic nitrogens is 1. The van der Waals surface area contributed by atoms with Crippen molar-refractivity contribution in [3.05, 3.63) is 58.7 Å². The summed E-state index contributed by atoms with van der Waals surface area (Å²) in [5, 5.41) is 6.31. The summed E-state index contributed by atoms with van der Waals surface area (Å²) in [5.41, 5.74) is 1.55. The molecule has 1 aromatic carbocycles. The van der Waals surface area contributed by atoms with Gasteiger partial charge in [0.25, 0.3) is 5.91 Å². The van der Waals surface area contributed by atoms with Gasteiger partial charge in [0.2, 0.25) is 0 Å². The zero-order chi connectivity index (χ0) is 15.2. The Labute approximate surface area is 129 Å². The van der Waals surface area contributed by atoms with E-state index in [0.717, 1.165) is 12.1 Å². The van der Waals surface area contributed by atoms with Crippen LogP contribution < -0.4 is 10.6 Å². The molecule has 0 aliphatic heterocycles. The van der Waals surface area contributed by atoms with Gasteiger partial charge in [-0.3, -0.25) is 4.79 Å². The zero-order valence-electron chi connectivity index (χ0n) is 12.1. The molecule has 0 aliphatic carbocycles. The van der Waals surface area contributed by atoms with E-state index in [-0.39, 0.29) is 11.9 Å². The molecule has 4 nitrogen and oxygen atoms in total. The molecule has 21 heavy (non-hydrogen) atoms.